The monoisotopic (exact) mass is 319 g/mol. The second kappa shape index (κ2) is 5.31. The fraction of sp³-hybridized carbons (Fsp3) is 0. The summed E-state index contributed by atoms with van der Waals surface area (Å²) in [6.07, 6.45) is 2.98. The maximum absolute atomic E-state index is 12.5. The lowest BCUT2D eigenvalue weighted by molar-refractivity contribution is 0.602. The van der Waals surface area contributed by atoms with E-state index in [0.717, 1.165) is 0 Å². The number of nitrogens with zero attached hydrogens (tertiary/aromatic N) is 2. The summed E-state index contributed by atoms with van der Waals surface area (Å²) in [6, 6.07) is 11.3. The minimum Gasteiger partial charge on any atom is -0.280 e. The third kappa shape index (κ3) is 2.81. The first-order valence-corrected chi connectivity index (χ1v) is 7.90. The summed E-state index contributed by atoms with van der Waals surface area (Å²) < 4.78 is 27.5. The van der Waals surface area contributed by atoms with Gasteiger partial charge in [-0.1, -0.05) is 23.7 Å². The molecule has 0 saturated heterocycles. The van der Waals surface area contributed by atoms with Gasteiger partial charge in [-0.2, -0.15) is 0 Å². The number of aromatic nitrogens is 2. The quantitative estimate of drug-likeness (QED) is 0.805. The van der Waals surface area contributed by atoms with Crippen LogP contribution in [0.4, 0.5) is 5.69 Å². The molecule has 0 fully saturated rings. The Morgan fingerprint density at radius 1 is 1.00 bits per heavy atom. The predicted octanol–water partition coefficient (Wildman–Crippen LogP) is 3.08. The van der Waals surface area contributed by atoms with E-state index < -0.39 is 10.0 Å². The topological polar surface area (TPSA) is 72.0 Å². The highest BCUT2D eigenvalue weighted by atomic mass is 35.5. The Morgan fingerprint density at radius 2 is 1.76 bits per heavy atom. The third-order valence-corrected chi connectivity index (χ3v) is 4.48. The number of anilines is 1. The van der Waals surface area contributed by atoms with E-state index in [-0.39, 0.29) is 4.90 Å². The van der Waals surface area contributed by atoms with Crippen LogP contribution >= 0.6 is 11.6 Å². The zero-order valence-electron chi connectivity index (χ0n) is 10.7. The smallest absolute Gasteiger partial charge is 0.264 e. The summed E-state index contributed by atoms with van der Waals surface area (Å²) in [5.74, 6) is 0. The van der Waals surface area contributed by atoms with Gasteiger partial charge < -0.3 is 0 Å². The molecule has 5 nitrogen and oxygen atoms in total. The van der Waals surface area contributed by atoms with E-state index in [0.29, 0.717) is 21.7 Å². The van der Waals surface area contributed by atoms with Crippen molar-refractivity contribution in [1.29, 1.82) is 0 Å². The van der Waals surface area contributed by atoms with Crippen LogP contribution < -0.4 is 4.72 Å². The number of hydrogen-bond acceptors (Lipinski definition) is 4. The van der Waals surface area contributed by atoms with Gasteiger partial charge in [0.25, 0.3) is 10.0 Å². The largest absolute Gasteiger partial charge is 0.280 e. The van der Waals surface area contributed by atoms with Crippen molar-refractivity contribution in [2.45, 2.75) is 4.90 Å². The molecule has 1 heterocycles. The molecule has 0 unspecified atom stereocenters. The molecule has 0 aliphatic rings. The number of fused-ring (bicyclic) bond motifs is 1. The molecule has 0 spiro atoms. The van der Waals surface area contributed by atoms with Crippen LogP contribution in [0.3, 0.4) is 0 Å². The summed E-state index contributed by atoms with van der Waals surface area (Å²) in [4.78, 5) is 8.28. The summed E-state index contributed by atoms with van der Waals surface area (Å²) in [7, 11) is -3.77. The van der Waals surface area contributed by atoms with Crippen LogP contribution in [-0.2, 0) is 10.0 Å². The van der Waals surface area contributed by atoms with Crippen LogP contribution in [0.15, 0.2) is 59.8 Å². The molecule has 0 saturated carbocycles. The zero-order valence-corrected chi connectivity index (χ0v) is 12.3. The lowest BCUT2D eigenvalue weighted by Crippen LogP contribution is -2.13. The van der Waals surface area contributed by atoms with E-state index in [1.807, 2.05) is 0 Å². The Kier molecular flexibility index (Phi) is 3.48. The van der Waals surface area contributed by atoms with Gasteiger partial charge in [0, 0.05) is 17.4 Å². The number of sulfonamides is 1. The first-order valence-electron chi connectivity index (χ1n) is 6.04. The zero-order chi connectivity index (χ0) is 14.9. The normalized spacial score (nSPS) is 11.5. The van der Waals surface area contributed by atoms with Gasteiger partial charge in [-0.25, -0.2) is 8.42 Å². The maximum Gasteiger partial charge on any atom is 0.264 e. The van der Waals surface area contributed by atoms with Crippen molar-refractivity contribution >= 4 is 38.3 Å². The fourth-order valence-corrected chi connectivity index (χ4v) is 3.35. The Hall–Kier alpha value is -2.18. The molecule has 3 aromatic rings. The van der Waals surface area contributed by atoms with Gasteiger partial charge in [0.1, 0.15) is 10.4 Å². The summed E-state index contributed by atoms with van der Waals surface area (Å²) in [6.45, 7) is 0. The highest BCUT2D eigenvalue weighted by Crippen LogP contribution is 2.23. The lowest BCUT2D eigenvalue weighted by atomic mass is 10.3. The number of rotatable bonds is 3. The van der Waals surface area contributed by atoms with Gasteiger partial charge >= 0.3 is 0 Å². The summed E-state index contributed by atoms with van der Waals surface area (Å²) in [5.41, 5.74) is 1.24. The van der Waals surface area contributed by atoms with E-state index in [1.165, 1.54) is 24.5 Å². The van der Waals surface area contributed by atoms with E-state index in [2.05, 4.69) is 14.7 Å². The standard InChI is InChI=1S/C14H10ClN3O2S/c15-10-3-1-4-11(9-10)18-21(19,20)13-6-2-5-12-14(13)17-8-7-16-12/h1-9,18H. The molecule has 0 radical (unpaired) electrons. The van der Waals surface area contributed by atoms with E-state index in [9.17, 15) is 8.42 Å². The number of nitrogens with one attached hydrogen (secondary N) is 1. The lowest BCUT2D eigenvalue weighted by Gasteiger charge is -2.09. The van der Waals surface area contributed by atoms with Gasteiger partial charge in [0.2, 0.25) is 0 Å². The molecule has 0 amide bonds. The van der Waals surface area contributed by atoms with Gasteiger partial charge in [-0.15, -0.1) is 0 Å². The van der Waals surface area contributed by atoms with E-state index >= 15 is 0 Å². The molecule has 0 bridgehead atoms. The van der Waals surface area contributed by atoms with Crippen LogP contribution in [-0.4, -0.2) is 18.4 Å². The van der Waals surface area contributed by atoms with E-state index in [4.69, 9.17) is 11.6 Å². The molecule has 0 aliphatic carbocycles. The molecular formula is C14H10ClN3O2S. The molecule has 7 heteroatoms. The van der Waals surface area contributed by atoms with Crippen molar-refractivity contribution in [3.8, 4) is 0 Å². The Morgan fingerprint density at radius 3 is 2.57 bits per heavy atom. The van der Waals surface area contributed by atoms with Crippen LogP contribution in [0.2, 0.25) is 5.02 Å². The Labute approximate surface area is 126 Å². The second-order valence-corrected chi connectivity index (χ2v) is 6.38. The number of benzene rings is 2. The molecule has 21 heavy (non-hydrogen) atoms. The van der Waals surface area contributed by atoms with Crippen molar-refractivity contribution in [2.24, 2.45) is 0 Å². The van der Waals surface area contributed by atoms with Crippen molar-refractivity contribution < 1.29 is 8.42 Å². The summed E-state index contributed by atoms with van der Waals surface area (Å²) >= 11 is 5.86. The molecule has 106 valence electrons. The predicted molar refractivity (Wildman–Crippen MR) is 81.8 cm³/mol. The first kappa shape index (κ1) is 13.8. The summed E-state index contributed by atoms with van der Waals surface area (Å²) in [5, 5.41) is 0.452. The number of halogens is 1. The molecule has 0 atom stereocenters. The minimum absolute atomic E-state index is 0.0769. The Bertz CT molecular complexity index is 907. The van der Waals surface area contributed by atoms with Crippen molar-refractivity contribution in [1.82, 2.24) is 9.97 Å². The number of hydrogen-bond donors (Lipinski definition) is 1. The van der Waals surface area contributed by atoms with Gasteiger partial charge in [-0.05, 0) is 30.3 Å². The molecule has 1 aromatic heterocycles. The van der Waals surface area contributed by atoms with Gasteiger partial charge in [0.15, 0.2) is 0 Å². The molecule has 1 N–H and O–H groups in total. The average Bonchev–Trinajstić information content (AvgIpc) is 2.46. The first-order chi connectivity index (χ1) is 10.1. The molecule has 0 aliphatic heterocycles. The third-order valence-electron chi connectivity index (χ3n) is 2.83. The van der Waals surface area contributed by atoms with Crippen LogP contribution in [0, 0.1) is 0 Å². The van der Waals surface area contributed by atoms with E-state index in [1.54, 1.807) is 30.3 Å². The molecular weight excluding hydrogens is 310 g/mol. The minimum atomic E-state index is -3.77. The van der Waals surface area contributed by atoms with Crippen molar-refractivity contribution in [2.75, 3.05) is 4.72 Å². The second-order valence-electron chi connectivity index (χ2n) is 4.30. The fourth-order valence-electron chi connectivity index (χ4n) is 1.95. The highest BCUT2D eigenvalue weighted by molar-refractivity contribution is 7.93. The van der Waals surface area contributed by atoms with Gasteiger partial charge in [0.05, 0.1) is 11.2 Å². The number of para-hydroxylation sites is 1. The SMILES string of the molecule is O=S(=O)(Nc1cccc(Cl)c1)c1cccc2nccnc12. The maximum atomic E-state index is 12.5. The molecule has 2 aromatic carbocycles. The van der Waals surface area contributed by atoms with Crippen molar-refractivity contribution in [3.63, 3.8) is 0 Å². The average molecular weight is 320 g/mol. The van der Waals surface area contributed by atoms with Crippen LogP contribution in [0.1, 0.15) is 0 Å². The Balaban J connectivity index is 2.09. The highest BCUT2D eigenvalue weighted by Gasteiger charge is 2.18. The van der Waals surface area contributed by atoms with Crippen molar-refractivity contribution in [3.05, 3.63) is 59.9 Å². The molecule has 3 rings (SSSR count). The van der Waals surface area contributed by atoms with Crippen LogP contribution in [0.25, 0.3) is 11.0 Å². The van der Waals surface area contributed by atoms with Gasteiger partial charge in [-0.3, -0.25) is 14.7 Å². The van der Waals surface area contributed by atoms with Crippen LogP contribution in [0.5, 0.6) is 0 Å².